The average Bonchev–Trinajstić information content (AvgIpc) is 1.76. The van der Waals surface area contributed by atoms with Crippen LogP contribution >= 0.6 is 47.8 Å². The lowest BCUT2D eigenvalue weighted by atomic mass is 10.2. The third kappa shape index (κ3) is 11.3. The molecule has 0 radical (unpaired) electrons. The van der Waals surface area contributed by atoms with Crippen LogP contribution in [0, 0.1) is 0 Å². The second-order valence-electron chi connectivity index (χ2n) is 2.60. The number of hydrogen-bond donors (Lipinski definition) is 3. The summed E-state index contributed by atoms with van der Waals surface area (Å²) >= 11 is 9.92. The quantitative estimate of drug-likeness (QED) is 0.403. The van der Waals surface area contributed by atoms with Gasteiger partial charge < -0.3 is 15.3 Å². The SMILES string of the molecule is OC(O)(O)CCCCC(Br)(Br)Br. The van der Waals surface area contributed by atoms with Gasteiger partial charge in [0, 0.05) is 6.42 Å². The summed E-state index contributed by atoms with van der Waals surface area (Å²) in [5, 5.41) is 25.6. The summed E-state index contributed by atoms with van der Waals surface area (Å²) in [4.78, 5) is 0. The summed E-state index contributed by atoms with van der Waals surface area (Å²) in [5.41, 5.74) is 0. The smallest absolute Gasteiger partial charge is 0.275 e. The summed E-state index contributed by atoms with van der Waals surface area (Å²) in [6.07, 6.45) is 2.07. The van der Waals surface area contributed by atoms with Gasteiger partial charge in [0.25, 0.3) is 5.97 Å². The molecule has 0 amide bonds. The zero-order valence-corrected chi connectivity index (χ0v) is 11.1. The Morgan fingerprint density at radius 1 is 0.833 bits per heavy atom. The van der Waals surface area contributed by atoms with Crippen molar-refractivity contribution in [1.82, 2.24) is 0 Å². The number of aliphatic hydroxyl groups is 3. The minimum atomic E-state index is -2.52. The first-order valence-electron chi connectivity index (χ1n) is 3.44. The van der Waals surface area contributed by atoms with Crippen molar-refractivity contribution in [2.24, 2.45) is 0 Å². The first kappa shape index (κ1) is 13.3. The van der Waals surface area contributed by atoms with E-state index in [0.29, 0.717) is 6.42 Å². The van der Waals surface area contributed by atoms with Crippen LogP contribution in [-0.2, 0) is 0 Å². The fourth-order valence-electron chi connectivity index (χ4n) is 0.688. The highest BCUT2D eigenvalue weighted by Gasteiger charge is 2.20. The van der Waals surface area contributed by atoms with Crippen LogP contribution in [-0.4, -0.2) is 23.4 Å². The summed E-state index contributed by atoms with van der Waals surface area (Å²) < 4.78 is -0.282. The Labute approximate surface area is 96.5 Å². The van der Waals surface area contributed by atoms with Crippen molar-refractivity contribution in [3.8, 4) is 0 Å². The van der Waals surface area contributed by atoms with Gasteiger partial charge in [-0.2, -0.15) is 0 Å². The van der Waals surface area contributed by atoms with Gasteiger partial charge in [0.1, 0.15) is 2.14 Å². The molecular weight excluding hydrogens is 360 g/mol. The summed E-state index contributed by atoms with van der Waals surface area (Å²) in [5.74, 6) is -2.52. The highest BCUT2D eigenvalue weighted by molar-refractivity contribution is 9.39. The highest BCUT2D eigenvalue weighted by atomic mass is 80.0. The fraction of sp³-hybridized carbons (Fsp3) is 1.00. The van der Waals surface area contributed by atoms with Crippen LogP contribution in [0.15, 0.2) is 0 Å². The Bertz CT molecular complexity index is 111. The molecule has 0 saturated carbocycles. The van der Waals surface area contributed by atoms with Crippen molar-refractivity contribution in [2.75, 3.05) is 0 Å². The molecule has 0 aromatic heterocycles. The highest BCUT2D eigenvalue weighted by Crippen LogP contribution is 2.38. The van der Waals surface area contributed by atoms with E-state index in [1.54, 1.807) is 0 Å². The Hall–Kier alpha value is 1.32. The second-order valence-corrected chi connectivity index (χ2v) is 9.85. The molecule has 0 aromatic carbocycles. The molecule has 74 valence electrons. The maximum absolute atomic E-state index is 8.52. The maximum Gasteiger partial charge on any atom is 0.275 e. The van der Waals surface area contributed by atoms with Gasteiger partial charge in [-0.25, -0.2) is 0 Å². The van der Waals surface area contributed by atoms with E-state index < -0.39 is 5.97 Å². The van der Waals surface area contributed by atoms with Crippen LogP contribution in [0.1, 0.15) is 25.7 Å². The summed E-state index contributed by atoms with van der Waals surface area (Å²) in [6.45, 7) is 0. The van der Waals surface area contributed by atoms with E-state index >= 15 is 0 Å². The molecular formula is C6H11Br3O3. The second kappa shape index (κ2) is 5.26. The standard InChI is InChI=1S/C6H11Br3O3/c7-5(8,9)3-1-2-4-6(10,11)12/h10-12H,1-4H2. The number of alkyl halides is 3. The molecule has 0 aliphatic carbocycles. The fourth-order valence-corrected chi connectivity index (χ4v) is 1.53. The minimum absolute atomic E-state index is 0.0317. The Balaban J connectivity index is 3.35. The zero-order chi connectivity index (χ0) is 9.83. The van der Waals surface area contributed by atoms with Crippen LogP contribution in [0.5, 0.6) is 0 Å². The van der Waals surface area contributed by atoms with Gasteiger partial charge in [-0.1, -0.05) is 54.2 Å². The minimum Gasteiger partial charge on any atom is -0.344 e. The van der Waals surface area contributed by atoms with E-state index in [2.05, 4.69) is 47.8 Å². The maximum atomic E-state index is 8.52. The van der Waals surface area contributed by atoms with Crippen LogP contribution in [0.2, 0.25) is 0 Å². The molecule has 0 bridgehead atoms. The zero-order valence-electron chi connectivity index (χ0n) is 6.30. The summed E-state index contributed by atoms with van der Waals surface area (Å²) in [7, 11) is 0. The first-order chi connectivity index (χ1) is 5.21. The normalized spacial score (nSPS) is 13.5. The molecule has 0 spiro atoms. The van der Waals surface area contributed by atoms with E-state index in [9.17, 15) is 0 Å². The van der Waals surface area contributed by atoms with Gasteiger partial charge in [0.15, 0.2) is 0 Å². The van der Waals surface area contributed by atoms with E-state index in [1.165, 1.54) is 0 Å². The predicted molar refractivity (Wildman–Crippen MR) is 57.4 cm³/mol. The third-order valence-electron chi connectivity index (χ3n) is 1.22. The predicted octanol–water partition coefficient (Wildman–Crippen LogP) is 2.02. The molecule has 0 unspecified atom stereocenters. The Morgan fingerprint density at radius 2 is 1.25 bits per heavy atom. The molecule has 0 heterocycles. The lowest BCUT2D eigenvalue weighted by molar-refractivity contribution is -0.315. The van der Waals surface area contributed by atoms with Crippen LogP contribution < -0.4 is 0 Å². The average molecular weight is 371 g/mol. The molecule has 0 fully saturated rings. The van der Waals surface area contributed by atoms with E-state index in [1.807, 2.05) is 0 Å². The topological polar surface area (TPSA) is 60.7 Å². The van der Waals surface area contributed by atoms with Gasteiger partial charge in [0.05, 0.1) is 0 Å². The van der Waals surface area contributed by atoms with Crippen molar-refractivity contribution in [2.45, 2.75) is 33.8 Å². The van der Waals surface area contributed by atoms with E-state index in [4.69, 9.17) is 15.3 Å². The summed E-state index contributed by atoms with van der Waals surface area (Å²) in [6, 6.07) is 0. The lowest BCUT2D eigenvalue weighted by Gasteiger charge is -2.15. The van der Waals surface area contributed by atoms with Crippen LogP contribution in [0.4, 0.5) is 0 Å². The first-order valence-corrected chi connectivity index (χ1v) is 5.82. The lowest BCUT2D eigenvalue weighted by Crippen LogP contribution is -2.26. The molecule has 0 rings (SSSR count). The van der Waals surface area contributed by atoms with Gasteiger partial charge in [0.2, 0.25) is 0 Å². The third-order valence-corrected chi connectivity index (χ3v) is 2.41. The molecule has 0 atom stereocenters. The van der Waals surface area contributed by atoms with Gasteiger partial charge in [-0.05, 0) is 12.8 Å². The molecule has 3 N–H and O–H groups in total. The van der Waals surface area contributed by atoms with Crippen molar-refractivity contribution in [3.05, 3.63) is 0 Å². The number of hydrogen-bond acceptors (Lipinski definition) is 3. The molecule has 0 aliphatic heterocycles. The van der Waals surface area contributed by atoms with Crippen LogP contribution in [0.3, 0.4) is 0 Å². The van der Waals surface area contributed by atoms with E-state index in [-0.39, 0.29) is 8.56 Å². The van der Waals surface area contributed by atoms with Gasteiger partial charge in [-0.15, -0.1) is 0 Å². The number of unbranched alkanes of at least 4 members (excludes halogenated alkanes) is 1. The van der Waals surface area contributed by atoms with Crippen LogP contribution in [0.25, 0.3) is 0 Å². The number of halogens is 3. The molecule has 6 heteroatoms. The number of rotatable bonds is 4. The van der Waals surface area contributed by atoms with Crippen molar-refractivity contribution in [1.29, 1.82) is 0 Å². The largest absolute Gasteiger partial charge is 0.344 e. The van der Waals surface area contributed by atoms with Gasteiger partial charge in [-0.3, -0.25) is 0 Å². The molecule has 0 aromatic rings. The van der Waals surface area contributed by atoms with Crippen molar-refractivity contribution < 1.29 is 15.3 Å². The Kier molecular flexibility index (Phi) is 5.84. The van der Waals surface area contributed by atoms with E-state index in [0.717, 1.165) is 12.8 Å². The Morgan fingerprint density at radius 3 is 1.58 bits per heavy atom. The molecule has 3 nitrogen and oxygen atoms in total. The molecule has 12 heavy (non-hydrogen) atoms. The molecule has 0 saturated heterocycles. The van der Waals surface area contributed by atoms with Gasteiger partial charge >= 0.3 is 0 Å². The van der Waals surface area contributed by atoms with Crippen molar-refractivity contribution in [3.63, 3.8) is 0 Å². The van der Waals surface area contributed by atoms with Crippen molar-refractivity contribution >= 4 is 47.8 Å². The molecule has 0 aliphatic rings. The monoisotopic (exact) mass is 368 g/mol.